The standard InChI is InChI=1S/C19H33N3O8S/c1-2-3-4-5-13-14(8-17(26)30-13)31-10-12(18(27)21-9-16(24)25)22-15(23)7-6-11(20)19(28)29/h11-14,17,26H,2-10,20H2,1H3,(H,21,27)(H,22,23)(H,24,25)(H,28,29)/t11-,12-,13?,14?,17?/m0/s1. The van der Waals surface area contributed by atoms with Crippen molar-refractivity contribution in [2.45, 2.75) is 81.6 Å². The van der Waals surface area contributed by atoms with Crippen molar-refractivity contribution in [3.63, 3.8) is 0 Å². The first-order valence-electron chi connectivity index (χ1n) is 10.4. The second kappa shape index (κ2) is 14.2. The second-order valence-corrected chi connectivity index (χ2v) is 8.72. The van der Waals surface area contributed by atoms with E-state index < -0.39 is 48.7 Å². The van der Waals surface area contributed by atoms with E-state index in [1.165, 1.54) is 11.8 Å². The van der Waals surface area contributed by atoms with Crippen molar-refractivity contribution in [3.8, 4) is 0 Å². The van der Waals surface area contributed by atoms with E-state index in [4.69, 9.17) is 20.7 Å². The zero-order valence-corrected chi connectivity index (χ0v) is 18.4. The first kappa shape index (κ1) is 27.1. The smallest absolute Gasteiger partial charge is 0.322 e. The molecular formula is C19H33N3O8S. The fourth-order valence-electron chi connectivity index (χ4n) is 3.09. The van der Waals surface area contributed by atoms with E-state index in [2.05, 4.69) is 17.6 Å². The molecule has 0 spiro atoms. The molecular weight excluding hydrogens is 430 g/mol. The second-order valence-electron chi connectivity index (χ2n) is 7.45. The van der Waals surface area contributed by atoms with Crippen molar-refractivity contribution in [2.75, 3.05) is 12.3 Å². The number of hydrogen-bond acceptors (Lipinski definition) is 8. The van der Waals surface area contributed by atoms with Gasteiger partial charge in [-0.05, 0) is 12.8 Å². The van der Waals surface area contributed by atoms with Crippen LogP contribution in [0, 0.1) is 0 Å². The van der Waals surface area contributed by atoms with Crippen molar-refractivity contribution >= 4 is 35.5 Å². The lowest BCUT2D eigenvalue weighted by atomic mass is 10.1. The Labute approximate surface area is 185 Å². The molecule has 0 aromatic heterocycles. The molecule has 12 heteroatoms. The molecule has 1 saturated heterocycles. The molecule has 1 aliphatic rings. The van der Waals surface area contributed by atoms with Crippen LogP contribution < -0.4 is 16.4 Å². The predicted molar refractivity (Wildman–Crippen MR) is 113 cm³/mol. The number of carbonyl (C=O) groups is 4. The number of nitrogens with two attached hydrogens (primary N) is 1. The van der Waals surface area contributed by atoms with Gasteiger partial charge in [-0.25, -0.2) is 0 Å². The lowest BCUT2D eigenvalue weighted by Crippen LogP contribution is -2.50. The van der Waals surface area contributed by atoms with Crippen LogP contribution in [-0.2, 0) is 23.9 Å². The molecule has 7 N–H and O–H groups in total. The van der Waals surface area contributed by atoms with Crippen molar-refractivity contribution in [1.82, 2.24) is 10.6 Å². The predicted octanol–water partition coefficient (Wildman–Crippen LogP) is -0.346. The summed E-state index contributed by atoms with van der Waals surface area (Å²) in [5.74, 6) is -3.52. The van der Waals surface area contributed by atoms with Gasteiger partial charge in [0.1, 0.15) is 18.6 Å². The van der Waals surface area contributed by atoms with E-state index in [1.807, 2.05) is 0 Å². The zero-order chi connectivity index (χ0) is 23.4. The van der Waals surface area contributed by atoms with Gasteiger partial charge in [0.15, 0.2) is 6.29 Å². The molecule has 11 nitrogen and oxygen atoms in total. The zero-order valence-electron chi connectivity index (χ0n) is 17.6. The lowest BCUT2D eigenvalue weighted by molar-refractivity contribution is -0.139. The van der Waals surface area contributed by atoms with Crippen LogP contribution in [0.5, 0.6) is 0 Å². The third kappa shape index (κ3) is 10.8. The molecule has 178 valence electrons. The van der Waals surface area contributed by atoms with E-state index >= 15 is 0 Å². The van der Waals surface area contributed by atoms with Gasteiger partial charge in [-0.3, -0.25) is 19.2 Å². The normalized spacial score (nSPS) is 22.5. The molecule has 1 rings (SSSR count). The monoisotopic (exact) mass is 463 g/mol. The molecule has 1 aliphatic heterocycles. The minimum Gasteiger partial charge on any atom is -0.480 e. The van der Waals surface area contributed by atoms with Crippen LogP contribution in [0.15, 0.2) is 0 Å². The third-order valence-electron chi connectivity index (χ3n) is 4.81. The highest BCUT2D eigenvalue weighted by molar-refractivity contribution is 8.00. The highest BCUT2D eigenvalue weighted by atomic mass is 32.2. The number of nitrogens with one attached hydrogen (secondary N) is 2. The van der Waals surface area contributed by atoms with Gasteiger partial charge < -0.3 is 36.4 Å². The van der Waals surface area contributed by atoms with Crippen LogP contribution in [0.2, 0.25) is 0 Å². The van der Waals surface area contributed by atoms with Crippen molar-refractivity contribution in [2.24, 2.45) is 5.73 Å². The van der Waals surface area contributed by atoms with Crippen LogP contribution in [0.4, 0.5) is 0 Å². The highest BCUT2D eigenvalue weighted by Crippen LogP contribution is 2.33. The summed E-state index contributed by atoms with van der Waals surface area (Å²) in [5.41, 5.74) is 5.39. The summed E-state index contributed by atoms with van der Waals surface area (Å²) in [6.07, 6.45) is 2.89. The van der Waals surface area contributed by atoms with Gasteiger partial charge in [0.25, 0.3) is 0 Å². The summed E-state index contributed by atoms with van der Waals surface area (Å²) in [4.78, 5) is 46.1. The number of aliphatic carboxylic acids is 2. The van der Waals surface area contributed by atoms with E-state index in [-0.39, 0.29) is 29.9 Å². The molecule has 0 aromatic carbocycles. The molecule has 0 aliphatic carbocycles. The van der Waals surface area contributed by atoms with Crippen LogP contribution >= 0.6 is 11.8 Å². The minimum atomic E-state index is -1.23. The number of carboxylic acids is 2. The molecule has 3 unspecified atom stereocenters. The van der Waals surface area contributed by atoms with Gasteiger partial charge in [-0.15, -0.1) is 0 Å². The number of unbranched alkanes of at least 4 members (excludes halogenated alkanes) is 2. The van der Waals surface area contributed by atoms with Crippen molar-refractivity contribution < 1.29 is 39.2 Å². The van der Waals surface area contributed by atoms with Crippen molar-refractivity contribution in [1.29, 1.82) is 0 Å². The number of aliphatic hydroxyl groups excluding tert-OH is 1. The van der Waals surface area contributed by atoms with E-state index in [0.29, 0.717) is 6.42 Å². The quantitative estimate of drug-likeness (QED) is 0.175. The number of thioether (sulfide) groups is 1. The molecule has 1 heterocycles. The van der Waals surface area contributed by atoms with Crippen LogP contribution in [0.25, 0.3) is 0 Å². The number of amides is 2. The Kier molecular flexibility index (Phi) is 12.5. The fraction of sp³-hybridized carbons (Fsp3) is 0.789. The molecule has 1 fully saturated rings. The Morgan fingerprint density at radius 2 is 1.94 bits per heavy atom. The van der Waals surface area contributed by atoms with Gasteiger partial charge in [0.2, 0.25) is 11.8 Å². The molecule has 0 saturated carbocycles. The summed E-state index contributed by atoms with van der Waals surface area (Å²) >= 11 is 1.37. The molecule has 0 bridgehead atoms. The molecule has 0 radical (unpaired) electrons. The first-order chi connectivity index (χ1) is 14.6. The molecule has 0 aromatic rings. The molecule has 2 amide bonds. The van der Waals surface area contributed by atoms with Crippen LogP contribution in [0.1, 0.15) is 51.9 Å². The van der Waals surface area contributed by atoms with Gasteiger partial charge in [0.05, 0.1) is 6.10 Å². The van der Waals surface area contributed by atoms with Gasteiger partial charge >= 0.3 is 11.9 Å². The third-order valence-corrected chi connectivity index (χ3v) is 6.26. The minimum absolute atomic E-state index is 0.0704. The Hall–Kier alpha value is -1.89. The van der Waals surface area contributed by atoms with Gasteiger partial charge in [-0.2, -0.15) is 11.8 Å². The Morgan fingerprint density at radius 3 is 2.55 bits per heavy atom. The summed E-state index contributed by atoms with van der Waals surface area (Å²) in [5, 5.41) is 32.1. The SMILES string of the molecule is CCCCCC1OC(O)CC1SC[C@H](NC(=O)CC[C@H](N)C(=O)O)C(=O)NCC(=O)O. The summed E-state index contributed by atoms with van der Waals surface area (Å²) in [6.45, 7) is 1.49. The maximum Gasteiger partial charge on any atom is 0.322 e. The Bertz CT molecular complexity index is 621. The average Bonchev–Trinajstić information content (AvgIpc) is 3.06. The van der Waals surface area contributed by atoms with E-state index in [0.717, 1.165) is 25.7 Å². The number of carbonyl (C=O) groups excluding carboxylic acids is 2. The number of aliphatic hydroxyl groups is 1. The van der Waals surface area contributed by atoms with Gasteiger partial charge in [-0.1, -0.05) is 26.2 Å². The number of carboxylic acid groups (broad SMARTS) is 2. The fourth-order valence-corrected chi connectivity index (χ4v) is 4.48. The maximum absolute atomic E-state index is 12.4. The van der Waals surface area contributed by atoms with Crippen molar-refractivity contribution in [3.05, 3.63) is 0 Å². The van der Waals surface area contributed by atoms with Crippen LogP contribution in [0.3, 0.4) is 0 Å². The first-order valence-corrected chi connectivity index (χ1v) is 11.4. The highest BCUT2D eigenvalue weighted by Gasteiger charge is 2.35. The topological polar surface area (TPSA) is 188 Å². The number of rotatable bonds is 15. The van der Waals surface area contributed by atoms with Gasteiger partial charge in [0, 0.05) is 23.8 Å². The van der Waals surface area contributed by atoms with Crippen LogP contribution in [-0.4, -0.2) is 81.1 Å². The summed E-state index contributed by atoms with van der Waals surface area (Å²) in [6, 6.07) is -2.22. The average molecular weight is 464 g/mol. The Morgan fingerprint density at radius 1 is 1.23 bits per heavy atom. The summed E-state index contributed by atoms with van der Waals surface area (Å²) in [7, 11) is 0. The number of ether oxygens (including phenoxy) is 1. The molecule has 5 atom stereocenters. The van der Waals surface area contributed by atoms with E-state index in [1.54, 1.807) is 0 Å². The lowest BCUT2D eigenvalue weighted by Gasteiger charge is -2.22. The molecule has 31 heavy (non-hydrogen) atoms. The summed E-state index contributed by atoms with van der Waals surface area (Å²) < 4.78 is 5.56. The number of hydrogen-bond donors (Lipinski definition) is 6. The maximum atomic E-state index is 12.4. The van der Waals surface area contributed by atoms with E-state index in [9.17, 15) is 24.3 Å². The largest absolute Gasteiger partial charge is 0.480 e. The Balaban J connectivity index is 2.67.